The lowest BCUT2D eigenvalue weighted by molar-refractivity contribution is 0.112. The monoisotopic (exact) mass is 376 g/mol. The minimum Gasteiger partial charge on any atom is -0.508 e. The molecule has 0 aromatic heterocycles. The highest BCUT2D eigenvalue weighted by Gasteiger charge is 2.18. The van der Waals surface area contributed by atoms with Gasteiger partial charge in [0.2, 0.25) is 0 Å². The van der Waals surface area contributed by atoms with Crippen molar-refractivity contribution in [2.45, 2.75) is 33.6 Å². The predicted molar refractivity (Wildman–Crippen MR) is 110 cm³/mol. The summed E-state index contributed by atoms with van der Waals surface area (Å²) < 4.78 is 0. The molecule has 144 valence electrons. The lowest BCUT2D eigenvalue weighted by Gasteiger charge is -2.16. The normalized spacial score (nSPS) is 10.8. The van der Waals surface area contributed by atoms with Crippen LogP contribution in [0.15, 0.2) is 42.5 Å². The molecule has 4 heteroatoms. The number of carbonyl (C=O) groups is 1. The van der Waals surface area contributed by atoms with E-state index in [-0.39, 0.29) is 23.7 Å². The van der Waals surface area contributed by atoms with Crippen LogP contribution in [0.5, 0.6) is 17.2 Å². The van der Waals surface area contributed by atoms with E-state index in [1.807, 2.05) is 45.0 Å². The minimum atomic E-state index is 0.0227. The minimum absolute atomic E-state index is 0.0227. The Hall–Kier alpha value is -3.27. The maximum absolute atomic E-state index is 11.7. The first-order valence-corrected chi connectivity index (χ1v) is 9.16. The third-order valence-electron chi connectivity index (χ3n) is 5.07. The van der Waals surface area contributed by atoms with Crippen molar-refractivity contribution in [3.8, 4) is 17.2 Å². The molecular formula is C24H24O4. The number of phenolic OH excluding ortho intramolecular Hbond substituents is 3. The topological polar surface area (TPSA) is 77.8 Å². The summed E-state index contributed by atoms with van der Waals surface area (Å²) in [5.41, 5.74) is 5.64. The van der Waals surface area contributed by atoms with Crippen molar-refractivity contribution in [3.63, 3.8) is 0 Å². The van der Waals surface area contributed by atoms with Crippen molar-refractivity contribution in [1.82, 2.24) is 0 Å². The molecule has 0 saturated carbocycles. The zero-order valence-electron chi connectivity index (χ0n) is 16.3. The van der Waals surface area contributed by atoms with E-state index in [9.17, 15) is 20.1 Å². The third kappa shape index (κ3) is 3.86. The molecular weight excluding hydrogens is 352 g/mol. The van der Waals surface area contributed by atoms with Gasteiger partial charge in [-0.15, -0.1) is 0 Å². The van der Waals surface area contributed by atoms with Crippen LogP contribution >= 0.6 is 0 Å². The third-order valence-corrected chi connectivity index (χ3v) is 5.07. The largest absolute Gasteiger partial charge is 0.508 e. The van der Waals surface area contributed by atoms with Gasteiger partial charge in [0.25, 0.3) is 0 Å². The number of carbonyl (C=O) groups excluding carboxylic acids is 1. The molecule has 4 nitrogen and oxygen atoms in total. The average Bonchev–Trinajstić information content (AvgIpc) is 2.65. The molecule has 0 amide bonds. The Labute approximate surface area is 164 Å². The Balaban J connectivity index is 2.10. The zero-order valence-corrected chi connectivity index (χ0v) is 16.3. The van der Waals surface area contributed by atoms with Crippen molar-refractivity contribution in [2.75, 3.05) is 0 Å². The van der Waals surface area contributed by atoms with E-state index in [1.165, 1.54) is 0 Å². The Bertz CT molecular complexity index is 1050. The van der Waals surface area contributed by atoms with Gasteiger partial charge in [0.05, 0.1) is 0 Å². The molecule has 0 fully saturated rings. The van der Waals surface area contributed by atoms with Crippen LogP contribution in [0.4, 0.5) is 0 Å². The number of hydrogen-bond donors (Lipinski definition) is 3. The van der Waals surface area contributed by atoms with Crippen LogP contribution in [-0.2, 0) is 12.8 Å². The van der Waals surface area contributed by atoms with E-state index in [0.717, 1.165) is 23.0 Å². The van der Waals surface area contributed by atoms with Crippen molar-refractivity contribution >= 4 is 6.29 Å². The number of aldehydes is 1. The molecule has 0 radical (unpaired) electrons. The summed E-state index contributed by atoms with van der Waals surface area (Å²) in [6.07, 6.45) is 1.32. The van der Waals surface area contributed by atoms with Gasteiger partial charge in [-0.05, 0) is 55.2 Å². The Morgan fingerprint density at radius 2 is 1.29 bits per heavy atom. The first-order chi connectivity index (χ1) is 13.3. The second-order valence-electron chi connectivity index (χ2n) is 7.33. The second-order valence-corrected chi connectivity index (χ2v) is 7.33. The lowest BCUT2D eigenvalue weighted by Crippen LogP contribution is -2.03. The Kier molecular flexibility index (Phi) is 5.41. The molecule has 0 aliphatic rings. The van der Waals surface area contributed by atoms with Gasteiger partial charge < -0.3 is 15.3 Å². The molecule has 0 aliphatic carbocycles. The van der Waals surface area contributed by atoms with E-state index in [0.29, 0.717) is 34.2 Å². The Morgan fingerprint density at radius 3 is 1.82 bits per heavy atom. The molecule has 0 aliphatic heterocycles. The van der Waals surface area contributed by atoms with Gasteiger partial charge in [-0.3, -0.25) is 4.79 Å². The van der Waals surface area contributed by atoms with Crippen LogP contribution < -0.4 is 0 Å². The van der Waals surface area contributed by atoms with Gasteiger partial charge in [0, 0.05) is 24.0 Å². The second kappa shape index (κ2) is 7.77. The van der Waals surface area contributed by atoms with Crippen LogP contribution in [0.1, 0.15) is 49.3 Å². The summed E-state index contributed by atoms with van der Waals surface area (Å²) in [6.45, 7) is 5.68. The summed E-state index contributed by atoms with van der Waals surface area (Å²) in [6, 6.07) is 12.4. The van der Waals surface area contributed by atoms with Gasteiger partial charge in [-0.1, -0.05) is 41.5 Å². The molecule has 0 atom stereocenters. The van der Waals surface area contributed by atoms with Crippen molar-refractivity contribution in [3.05, 3.63) is 87.0 Å². The van der Waals surface area contributed by atoms with E-state index >= 15 is 0 Å². The fraction of sp³-hybridized carbons (Fsp3) is 0.208. The number of phenols is 3. The van der Waals surface area contributed by atoms with E-state index < -0.39 is 0 Å². The number of rotatable bonds is 5. The van der Waals surface area contributed by atoms with Crippen LogP contribution in [0, 0.1) is 20.8 Å². The standard InChI is InChI=1S/C24H24O4/c1-14-4-6-22(26)17(8-14)11-19-10-16(3)21(13-25)20(24(19)28)12-18-9-15(2)5-7-23(18)27/h4-10,13,26-28H,11-12H2,1-3H3. The summed E-state index contributed by atoms with van der Waals surface area (Å²) in [7, 11) is 0. The average molecular weight is 376 g/mol. The molecule has 3 aromatic rings. The summed E-state index contributed by atoms with van der Waals surface area (Å²) in [5.74, 6) is 0.316. The predicted octanol–water partition coefficient (Wildman–Crippen LogP) is 4.72. The van der Waals surface area contributed by atoms with Crippen LogP contribution in [0.3, 0.4) is 0 Å². The van der Waals surface area contributed by atoms with Crippen LogP contribution in [0.2, 0.25) is 0 Å². The first-order valence-electron chi connectivity index (χ1n) is 9.16. The SMILES string of the molecule is Cc1ccc(O)c(Cc2cc(C)c(C=O)c(Cc3cc(C)ccc3O)c2O)c1. The molecule has 0 bridgehead atoms. The van der Waals surface area contributed by atoms with Gasteiger partial charge in [0.1, 0.15) is 17.2 Å². The highest BCUT2D eigenvalue weighted by molar-refractivity contribution is 5.82. The molecule has 0 heterocycles. The highest BCUT2D eigenvalue weighted by Crippen LogP contribution is 2.35. The van der Waals surface area contributed by atoms with Crippen molar-refractivity contribution < 1.29 is 20.1 Å². The Morgan fingerprint density at radius 1 is 0.750 bits per heavy atom. The molecule has 28 heavy (non-hydrogen) atoms. The number of benzene rings is 3. The fourth-order valence-electron chi connectivity index (χ4n) is 3.55. The number of aryl methyl sites for hydroxylation is 3. The van der Waals surface area contributed by atoms with Crippen molar-refractivity contribution in [1.29, 1.82) is 0 Å². The van der Waals surface area contributed by atoms with Gasteiger partial charge in [-0.25, -0.2) is 0 Å². The maximum atomic E-state index is 11.7. The number of aromatic hydroxyl groups is 3. The first kappa shape index (κ1) is 19.5. The molecule has 0 unspecified atom stereocenters. The smallest absolute Gasteiger partial charge is 0.150 e. The number of hydrogen-bond acceptors (Lipinski definition) is 4. The van der Waals surface area contributed by atoms with E-state index in [4.69, 9.17) is 0 Å². The van der Waals surface area contributed by atoms with Crippen LogP contribution in [0.25, 0.3) is 0 Å². The van der Waals surface area contributed by atoms with Gasteiger partial charge in [0.15, 0.2) is 6.29 Å². The van der Waals surface area contributed by atoms with Crippen LogP contribution in [-0.4, -0.2) is 21.6 Å². The summed E-state index contributed by atoms with van der Waals surface area (Å²) in [4.78, 5) is 11.7. The van der Waals surface area contributed by atoms with E-state index in [2.05, 4.69) is 0 Å². The van der Waals surface area contributed by atoms with Gasteiger partial charge >= 0.3 is 0 Å². The van der Waals surface area contributed by atoms with E-state index in [1.54, 1.807) is 18.2 Å². The highest BCUT2D eigenvalue weighted by atomic mass is 16.3. The quantitative estimate of drug-likeness (QED) is 0.563. The van der Waals surface area contributed by atoms with Crippen molar-refractivity contribution in [2.24, 2.45) is 0 Å². The molecule has 0 saturated heterocycles. The maximum Gasteiger partial charge on any atom is 0.150 e. The summed E-state index contributed by atoms with van der Waals surface area (Å²) >= 11 is 0. The lowest BCUT2D eigenvalue weighted by atomic mass is 9.90. The zero-order chi connectivity index (χ0) is 20.4. The molecule has 0 spiro atoms. The molecule has 3 rings (SSSR count). The molecule has 3 aromatic carbocycles. The fourth-order valence-corrected chi connectivity index (χ4v) is 3.55. The summed E-state index contributed by atoms with van der Waals surface area (Å²) in [5, 5.41) is 31.3. The van der Waals surface area contributed by atoms with Gasteiger partial charge in [-0.2, -0.15) is 0 Å². The molecule has 3 N–H and O–H groups in total.